The van der Waals surface area contributed by atoms with Crippen LogP contribution in [0.3, 0.4) is 0 Å². The van der Waals surface area contributed by atoms with Crippen molar-refractivity contribution >= 4 is 0 Å². The fourth-order valence-electron chi connectivity index (χ4n) is 4.99. The van der Waals surface area contributed by atoms with E-state index in [-0.39, 0.29) is 0 Å². The maximum atomic E-state index is 5.50. The van der Waals surface area contributed by atoms with Crippen molar-refractivity contribution in [1.29, 1.82) is 0 Å². The molecule has 0 aliphatic carbocycles. The maximum Gasteiger partial charge on any atom is 0.0519 e. The summed E-state index contributed by atoms with van der Waals surface area (Å²) in [6.07, 6.45) is 21.4. The molecule has 262 valence electrons. The van der Waals surface area contributed by atoms with Gasteiger partial charge in [0, 0.05) is 43.9 Å². The Morgan fingerprint density at radius 1 is 0.809 bits per heavy atom. The minimum atomic E-state index is 0.729. The lowest BCUT2D eigenvalue weighted by Gasteiger charge is -2.37. The van der Waals surface area contributed by atoms with Crippen LogP contribution < -0.4 is 0 Å². The number of piperazine rings is 1. The van der Waals surface area contributed by atoms with Gasteiger partial charge in [0.25, 0.3) is 0 Å². The molecular weight excluding hydrogens is 569 g/mol. The molecule has 0 atom stereocenters. The summed E-state index contributed by atoms with van der Waals surface area (Å²) in [4.78, 5) is 4.80. The Hall–Kier alpha value is -3.46. The molecule has 0 radical (unpaired) electrons. The Balaban J connectivity index is -0.000000666. The quantitative estimate of drug-likeness (QED) is 0.188. The van der Waals surface area contributed by atoms with Crippen molar-refractivity contribution in [2.24, 2.45) is 5.92 Å². The third-order valence-electron chi connectivity index (χ3n) is 7.72. The highest BCUT2D eigenvalue weighted by Crippen LogP contribution is 2.19. The molecule has 0 amide bonds. The van der Waals surface area contributed by atoms with Gasteiger partial charge in [0.05, 0.1) is 5.70 Å². The largest absolute Gasteiger partial charge is 0.368 e. The van der Waals surface area contributed by atoms with Crippen molar-refractivity contribution in [3.8, 4) is 24.7 Å². The molecule has 2 nitrogen and oxygen atoms in total. The smallest absolute Gasteiger partial charge is 0.0519 e. The highest BCUT2D eigenvalue weighted by atomic mass is 15.3. The molecule has 1 fully saturated rings. The molecule has 0 unspecified atom stereocenters. The fourth-order valence-corrected chi connectivity index (χ4v) is 4.99. The zero-order valence-electron chi connectivity index (χ0n) is 32.8. The van der Waals surface area contributed by atoms with Crippen LogP contribution in [0.15, 0.2) is 79.0 Å². The summed E-state index contributed by atoms with van der Waals surface area (Å²) in [6.45, 7) is 37.9. The number of hydrogen-bond acceptors (Lipinski definition) is 2. The summed E-state index contributed by atoms with van der Waals surface area (Å²) in [7, 11) is 0. The first-order valence-electron chi connectivity index (χ1n) is 18.3. The molecule has 3 rings (SSSR count). The second kappa shape index (κ2) is 32.5. The van der Waals surface area contributed by atoms with E-state index in [1.54, 1.807) is 6.08 Å². The van der Waals surface area contributed by atoms with Crippen LogP contribution in [0.2, 0.25) is 0 Å². The Bertz CT molecular complexity index is 1170. The van der Waals surface area contributed by atoms with E-state index in [0.29, 0.717) is 0 Å². The van der Waals surface area contributed by atoms with E-state index >= 15 is 0 Å². The van der Waals surface area contributed by atoms with Crippen molar-refractivity contribution in [1.82, 2.24) is 9.80 Å². The van der Waals surface area contributed by atoms with Gasteiger partial charge in [-0.05, 0) is 61.1 Å². The van der Waals surface area contributed by atoms with Crippen LogP contribution in [-0.2, 0) is 6.54 Å². The van der Waals surface area contributed by atoms with E-state index in [0.717, 1.165) is 55.5 Å². The molecule has 2 aromatic rings. The van der Waals surface area contributed by atoms with Crippen molar-refractivity contribution < 1.29 is 0 Å². The third-order valence-corrected chi connectivity index (χ3v) is 7.72. The Labute approximate surface area is 294 Å². The highest BCUT2D eigenvalue weighted by Gasteiger charge is 2.19. The molecule has 0 bridgehead atoms. The van der Waals surface area contributed by atoms with Crippen molar-refractivity contribution in [2.45, 2.75) is 122 Å². The number of rotatable bonds is 10. The first-order valence-corrected chi connectivity index (χ1v) is 18.3. The SMILES string of the molecule is C#CC(=C)/C(=C\C=C)N1CCN(Cc2ccc(C)c(C)c2)CC1.C#Cc1ccccc1C.CC.CC.CC.CCCC(CC)CCC. The first kappa shape index (κ1) is 47.9. The van der Waals surface area contributed by atoms with Gasteiger partial charge in [-0.3, -0.25) is 4.90 Å². The summed E-state index contributed by atoms with van der Waals surface area (Å²) in [5, 5.41) is 0. The molecule has 0 saturated carbocycles. The van der Waals surface area contributed by atoms with E-state index in [4.69, 9.17) is 12.8 Å². The monoisotopic (exact) mass is 641 g/mol. The maximum absolute atomic E-state index is 5.50. The summed E-state index contributed by atoms with van der Waals surface area (Å²) in [5.74, 6) is 6.25. The number of benzene rings is 2. The van der Waals surface area contributed by atoms with E-state index in [1.165, 1.54) is 54.4 Å². The van der Waals surface area contributed by atoms with E-state index in [9.17, 15) is 0 Å². The topological polar surface area (TPSA) is 6.48 Å². The molecule has 1 aliphatic rings. The first-order chi connectivity index (χ1) is 22.7. The Kier molecular flexibility index (Phi) is 33.1. The van der Waals surface area contributed by atoms with Crippen LogP contribution in [-0.4, -0.2) is 36.0 Å². The van der Waals surface area contributed by atoms with Gasteiger partial charge >= 0.3 is 0 Å². The zero-order chi connectivity index (χ0) is 36.6. The van der Waals surface area contributed by atoms with Gasteiger partial charge in [-0.1, -0.05) is 162 Å². The summed E-state index contributed by atoms with van der Waals surface area (Å²) < 4.78 is 0. The second-order valence-electron chi connectivity index (χ2n) is 10.9. The summed E-state index contributed by atoms with van der Waals surface area (Å²) in [6, 6.07) is 14.6. The lowest BCUT2D eigenvalue weighted by molar-refractivity contribution is 0.155. The number of nitrogens with zero attached hydrogens (tertiary/aromatic N) is 2. The fraction of sp³-hybridized carbons (Fsp3) is 0.511. The van der Waals surface area contributed by atoms with Crippen LogP contribution in [0.25, 0.3) is 0 Å². The molecule has 0 aromatic heterocycles. The predicted molar refractivity (Wildman–Crippen MR) is 216 cm³/mol. The number of aryl methyl sites for hydroxylation is 3. The molecule has 0 N–H and O–H groups in total. The van der Waals surface area contributed by atoms with E-state index < -0.39 is 0 Å². The molecule has 0 spiro atoms. The molecule has 1 heterocycles. The van der Waals surface area contributed by atoms with Gasteiger partial charge in [0.1, 0.15) is 0 Å². The lowest BCUT2D eigenvalue weighted by atomic mass is 9.96. The van der Waals surface area contributed by atoms with Crippen molar-refractivity contribution in [3.05, 3.63) is 107 Å². The van der Waals surface area contributed by atoms with Crippen molar-refractivity contribution in [2.75, 3.05) is 26.2 Å². The minimum absolute atomic E-state index is 0.729. The van der Waals surface area contributed by atoms with Gasteiger partial charge in [-0.2, -0.15) is 0 Å². The number of terminal acetylenes is 2. The molecule has 2 aromatic carbocycles. The standard InChI is InChI=1S/C21H26N2.C9H8.C9H20.3C2H6/c1-6-8-21(17(3)7-2)23-13-11-22(12-14-23)16-20-10-9-18(4)19(5)15-20;1-3-9-7-5-4-6-8(9)2;1-4-7-9(6-3)8-5-2;3*1-2/h2,6,8-10,15H,1,3,11-14,16H2,4-5H3;1,4-7H,2H3;9H,4-8H2,1-3H3;3*1-2H3/b21-8+;;;;;. The molecule has 1 aliphatic heterocycles. The number of allylic oxidation sites excluding steroid dienone is 3. The van der Waals surface area contributed by atoms with Crippen LogP contribution in [0.4, 0.5) is 0 Å². The van der Waals surface area contributed by atoms with Gasteiger partial charge in [-0.25, -0.2) is 0 Å². The van der Waals surface area contributed by atoms with Crippen LogP contribution in [0.1, 0.15) is 122 Å². The normalized spacial score (nSPS) is 11.9. The predicted octanol–water partition coefficient (Wildman–Crippen LogP) is 12.3. The second-order valence-corrected chi connectivity index (χ2v) is 10.9. The molecule has 2 heteroatoms. The third kappa shape index (κ3) is 21.1. The van der Waals surface area contributed by atoms with E-state index in [2.05, 4.69) is 87.6 Å². The highest BCUT2D eigenvalue weighted by molar-refractivity contribution is 5.42. The lowest BCUT2D eigenvalue weighted by Crippen LogP contribution is -2.45. The van der Waals surface area contributed by atoms with Crippen LogP contribution in [0.5, 0.6) is 0 Å². The molecule has 47 heavy (non-hydrogen) atoms. The molecular formula is C45H72N2. The summed E-state index contributed by atoms with van der Waals surface area (Å²) >= 11 is 0. The average molecular weight is 641 g/mol. The average Bonchev–Trinajstić information content (AvgIpc) is 3.12. The summed E-state index contributed by atoms with van der Waals surface area (Å²) in [5.41, 5.74) is 8.00. The van der Waals surface area contributed by atoms with Crippen LogP contribution >= 0.6 is 0 Å². The van der Waals surface area contributed by atoms with E-state index in [1.807, 2.05) is 78.8 Å². The van der Waals surface area contributed by atoms with Gasteiger partial charge in [0.2, 0.25) is 0 Å². The zero-order valence-corrected chi connectivity index (χ0v) is 32.8. The van der Waals surface area contributed by atoms with Crippen LogP contribution in [0, 0.1) is 51.4 Å². The van der Waals surface area contributed by atoms with Crippen molar-refractivity contribution in [3.63, 3.8) is 0 Å². The number of hydrogen-bond donors (Lipinski definition) is 0. The van der Waals surface area contributed by atoms with Gasteiger partial charge in [0.15, 0.2) is 0 Å². The Morgan fingerprint density at radius 2 is 1.36 bits per heavy atom. The van der Waals surface area contributed by atoms with Gasteiger partial charge < -0.3 is 4.90 Å². The van der Waals surface area contributed by atoms with Gasteiger partial charge in [-0.15, -0.1) is 12.8 Å². The molecule has 1 saturated heterocycles. The Morgan fingerprint density at radius 3 is 1.77 bits per heavy atom. The minimum Gasteiger partial charge on any atom is -0.368 e.